The van der Waals surface area contributed by atoms with E-state index in [9.17, 15) is 16.8 Å². The lowest BCUT2D eigenvalue weighted by Gasteiger charge is -2.05. The third-order valence-electron chi connectivity index (χ3n) is 5.43. The Balaban J connectivity index is 1.49. The molecule has 0 aliphatic rings. The molecule has 0 atom stereocenters. The lowest BCUT2D eigenvalue weighted by Crippen LogP contribution is -1.93. The third-order valence-corrected chi connectivity index (χ3v) is 8.22. The summed E-state index contributed by atoms with van der Waals surface area (Å²) in [6.45, 7) is 0. The molecule has 0 heterocycles. The van der Waals surface area contributed by atoms with E-state index in [4.69, 9.17) is 21.4 Å². The zero-order valence-electron chi connectivity index (χ0n) is 18.8. The van der Waals surface area contributed by atoms with Gasteiger partial charge in [-0.25, -0.2) is 16.8 Å². The summed E-state index contributed by atoms with van der Waals surface area (Å²) in [4.78, 5) is 0.142. The number of rotatable bonds is 7. The Morgan fingerprint density at radius 1 is 0.444 bits per heavy atom. The Kier molecular flexibility index (Phi) is 7.81. The summed E-state index contributed by atoms with van der Waals surface area (Å²) >= 11 is 0. The normalized spacial score (nSPS) is 12.4. The van der Waals surface area contributed by atoms with E-state index in [2.05, 4.69) is 0 Å². The van der Waals surface area contributed by atoms with Crippen LogP contribution >= 0.6 is 21.4 Å². The maximum atomic E-state index is 11.8. The molecule has 0 aromatic heterocycles. The molecule has 4 nitrogen and oxygen atoms in total. The first-order valence-electron chi connectivity index (χ1n) is 10.8. The summed E-state index contributed by atoms with van der Waals surface area (Å²) in [5, 5.41) is 0. The van der Waals surface area contributed by atoms with Crippen LogP contribution in [0, 0.1) is 0 Å². The second-order valence-corrected chi connectivity index (χ2v) is 12.9. The van der Waals surface area contributed by atoms with E-state index in [0.29, 0.717) is 11.1 Å². The number of benzene rings is 4. The Bertz CT molecular complexity index is 1530. The highest BCUT2D eigenvalue weighted by Crippen LogP contribution is 2.25. The number of hydrogen-bond donors (Lipinski definition) is 0. The van der Waals surface area contributed by atoms with Crippen LogP contribution < -0.4 is 0 Å². The smallest absolute Gasteiger partial charge is 0.207 e. The van der Waals surface area contributed by atoms with Crippen molar-refractivity contribution in [2.45, 2.75) is 9.79 Å². The molecule has 4 aromatic rings. The van der Waals surface area contributed by atoms with Crippen molar-refractivity contribution < 1.29 is 16.8 Å². The van der Waals surface area contributed by atoms with Gasteiger partial charge in [-0.2, -0.15) is 0 Å². The second kappa shape index (κ2) is 10.8. The minimum absolute atomic E-state index is 0.0708. The lowest BCUT2D eigenvalue weighted by atomic mass is 10.0. The molecule has 0 saturated heterocycles. The maximum absolute atomic E-state index is 11.8. The second-order valence-electron chi connectivity index (χ2n) is 7.86. The standard InChI is InChI=1S/C28H20Cl2O4S2/c29-35(31,32)27-7-3-1-5-25(27)19-13-21-9-15-23(16-10-21)24-17-11-22(12-18-24)14-20-26-6-2-4-8-28(26)36(30,33)34/h1-20H/b19-13+,20-14+. The van der Waals surface area contributed by atoms with Gasteiger partial charge in [0, 0.05) is 21.4 Å². The van der Waals surface area contributed by atoms with E-state index in [1.54, 1.807) is 48.6 Å². The zero-order valence-corrected chi connectivity index (χ0v) is 21.9. The summed E-state index contributed by atoms with van der Waals surface area (Å²) in [7, 11) is 3.39. The quantitative estimate of drug-likeness (QED) is 0.174. The van der Waals surface area contributed by atoms with Crippen molar-refractivity contribution in [2.75, 3.05) is 0 Å². The average molecular weight is 556 g/mol. The minimum atomic E-state index is -3.83. The molecule has 0 spiro atoms. The van der Waals surface area contributed by atoms with Crippen LogP contribution in [0.5, 0.6) is 0 Å². The maximum Gasteiger partial charge on any atom is 0.261 e. The molecule has 0 aliphatic heterocycles. The lowest BCUT2D eigenvalue weighted by molar-refractivity contribution is 0.607. The van der Waals surface area contributed by atoms with Crippen LogP contribution in [-0.4, -0.2) is 16.8 Å². The molecule has 4 aromatic carbocycles. The molecule has 0 fully saturated rings. The molecule has 0 bridgehead atoms. The molecular formula is C28H20Cl2O4S2. The van der Waals surface area contributed by atoms with Crippen LogP contribution in [0.2, 0.25) is 0 Å². The Hall–Kier alpha value is -3.16. The summed E-state index contributed by atoms with van der Waals surface area (Å²) in [6, 6.07) is 28.8. The van der Waals surface area contributed by atoms with Gasteiger partial charge in [-0.15, -0.1) is 0 Å². The van der Waals surface area contributed by atoms with Gasteiger partial charge in [-0.3, -0.25) is 0 Å². The van der Waals surface area contributed by atoms with Gasteiger partial charge in [0.05, 0.1) is 9.79 Å². The minimum Gasteiger partial charge on any atom is -0.207 e. The van der Waals surface area contributed by atoms with Crippen molar-refractivity contribution >= 4 is 63.8 Å². The van der Waals surface area contributed by atoms with Crippen LogP contribution in [0.25, 0.3) is 35.4 Å². The average Bonchev–Trinajstić information content (AvgIpc) is 2.86. The van der Waals surface area contributed by atoms with E-state index in [0.717, 1.165) is 22.3 Å². The topological polar surface area (TPSA) is 68.3 Å². The monoisotopic (exact) mass is 554 g/mol. The van der Waals surface area contributed by atoms with Gasteiger partial charge in [0.2, 0.25) is 0 Å². The van der Waals surface area contributed by atoms with Gasteiger partial charge >= 0.3 is 0 Å². The molecule has 0 aliphatic carbocycles. The fraction of sp³-hybridized carbons (Fsp3) is 0. The zero-order chi connectivity index (χ0) is 25.8. The van der Waals surface area contributed by atoms with Crippen LogP contribution in [-0.2, 0) is 18.1 Å². The van der Waals surface area contributed by atoms with E-state index >= 15 is 0 Å². The molecule has 182 valence electrons. The highest BCUT2D eigenvalue weighted by molar-refractivity contribution is 8.14. The molecule has 0 N–H and O–H groups in total. The number of halogens is 2. The van der Waals surface area contributed by atoms with Gasteiger partial charge in [-0.1, -0.05) is 109 Å². The fourth-order valence-electron chi connectivity index (χ4n) is 3.63. The number of hydrogen-bond acceptors (Lipinski definition) is 4. The van der Waals surface area contributed by atoms with Crippen molar-refractivity contribution in [3.63, 3.8) is 0 Å². The highest BCUT2D eigenvalue weighted by Gasteiger charge is 2.13. The van der Waals surface area contributed by atoms with Crippen LogP contribution in [0.3, 0.4) is 0 Å². The summed E-state index contributed by atoms with van der Waals surface area (Å²) < 4.78 is 47.0. The largest absolute Gasteiger partial charge is 0.261 e. The van der Waals surface area contributed by atoms with Crippen molar-refractivity contribution in [1.82, 2.24) is 0 Å². The first kappa shape index (κ1) is 25.9. The van der Waals surface area contributed by atoms with Crippen molar-refractivity contribution in [2.24, 2.45) is 0 Å². The SMILES string of the molecule is O=S(=O)(Cl)c1ccccc1/C=C/c1ccc(-c2ccc(/C=C/c3ccccc3S(=O)(=O)Cl)cc2)cc1. The van der Waals surface area contributed by atoms with Gasteiger partial charge < -0.3 is 0 Å². The fourth-order valence-corrected chi connectivity index (χ4v) is 5.79. The Labute approximate surface area is 220 Å². The van der Waals surface area contributed by atoms with E-state index in [-0.39, 0.29) is 9.79 Å². The third kappa shape index (κ3) is 6.53. The highest BCUT2D eigenvalue weighted by atomic mass is 35.7. The van der Waals surface area contributed by atoms with Crippen molar-refractivity contribution in [1.29, 1.82) is 0 Å². The molecule has 0 saturated carbocycles. The summed E-state index contributed by atoms with van der Waals surface area (Å²) in [5.74, 6) is 0. The van der Waals surface area contributed by atoms with Gasteiger partial charge in [0.25, 0.3) is 18.1 Å². The molecule has 0 unspecified atom stereocenters. The predicted molar refractivity (Wildman–Crippen MR) is 149 cm³/mol. The van der Waals surface area contributed by atoms with E-state index < -0.39 is 18.1 Å². The van der Waals surface area contributed by atoms with Gasteiger partial charge in [0.1, 0.15) is 0 Å². The molecule has 0 amide bonds. The molecule has 4 rings (SSSR count). The van der Waals surface area contributed by atoms with E-state index in [1.165, 1.54) is 12.1 Å². The molecule has 36 heavy (non-hydrogen) atoms. The molecule has 0 radical (unpaired) electrons. The predicted octanol–water partition coefficient (Wildman–Crippen LogP) is 7.55. The summed E-state index contributed by atoms with van der Waals surface area (Å²) in [6.07, 6.45) is 7.10. The van der Waals surface area contributed by atoms with Gasteiger partial charge in [0.15, 0.2) is 0 Å². The van der Waals surface area contributed by atoms with Crippen LogP contribution in [0.4, 0.5) is 0 Å². The first-order valence-corrected chi connectivity index (χ1v) is 15.4. The first-order chi connectivity index (χ1) is 17.1. The molecule has 8 heteroatoms. The van der Waals surface area contributed by atoms with Crippen LogP contribution in [0.1, 0.15) is 22.3 Å². The molecular weight excluding hydrogens is 535 g/mol. The summed E-state index contributed by atoms with van der Waals surface area (Å²) in [5.41, 5.74) is 4.90. The van der Waals surface area contributed by atoms with E-state index in [1.807, 2.05) is 60.7 Å². The Morgan fingerprint density at radius 2 is 0.778 bits per heavy atom. The van der Waals surface area contributed by atoms with Gasteiger partial charge in [-0.05, 0) is 45.5 Å². The van der Waals surface area contributed by atoms with Crippen molar-refractivity contribution in [3.8, 4) is 11.1 Å². The van der Waals surface area contributed by atoms with Crippen molar-refractivity contribution in [3.05, 3.63) is 119 Å². The Morgan fingerprint density at radius 3 is 1.11 bits per heavy atom. The van der Waals surface area contributed by atoms with Crippen LogP contribution in [0.15, 0.2) is 107 Å².